The zero-order valence-electron chi connectivity index (χ0n) is 10.3. The van der Waals surface area contributed by atoms with Crippen LogP contribution in [0.2, 0.25) is 0 Å². The van der Waals surface area contributed by atoms with Crippen molar-refractivity contribution in [3.05, 3.63) is 0 Å². The highest BCUT2D eigenvalue weighted by Crippen LogP contribution is 2.60. The summed E-state index contributed by atoms with van der Waals surface area (Å²) in [7, 11) is -1.45. The molecule has 18 heavy (non-hydrogen) atoms. The first-order valence-electron chi connectivity index (χ1n) is 5.57. The van der Waals surface area contributed by atoms with Crippen molar-refractivity contribution in [3.63, 3.8) is 0 Å². The summed E-state index contributed by atoms with van der Waals surface area (Å²) < 4.78 is 0. The summed E-state index contributed by atoms with van der Waals surface area (Å²) in [5, 5.41) is 34.7. The summed E-state index contributed by atoms with van der Waals surface area (Å²) in [5.74, 6) is 0. The Balaban J connectivity index is 0. The van der Waals surface area contributed by atoms with Gasteiger partial charge < -0.3 is 17.0 Å². The second-order valence-electron chi connectivity index (χ2n) is 3.87. The number of hydrogen-bond donors (Lipinski definition) is 0. The van der Waals surface area contributed by atoms with Gasteiger partial charge in [-0.2, -0.15) is 21.0 Å². The molecule has 96 valence electrons. The molecule has 0 aromatic rings. The average molecular weight is 327 g/mol. The van der Waals surface area contributed by atoms with Crippen molar-refractivity contribution in [2.45, 2.75) is 25.7 Å². The highest BCUT2D eigenvalue weighted by Gasteiger charge is 2.35. The Labute approximate surface area is 120 Å². The Hall–Kier alpha value is -1.13. The van der Waals surface area contributed by atoms with Crippen LogP contribution >= 0.6 is 7.26 Å². The second kappa shape index (κ2) is 12.3. The second-order valence-corrected chi connectivity index (χ2v) is 8.34. The fourth-order valence-electron chi connectivity index (χ4n) is 1.82. The zero-order chi connectivity index (χ0) is 13.0. The van der Waals surface area contributed by atoms with E-state index in [4.69, 9.17) is 21.0 Å². The van der Waals surface area contributed by atoms with Gasteiger partial charge in [-0.05, 0) is 0 Å². The third-order valence-corrected chi connectivity index (χ3v) is 7.48. The number of halogens is 1. The number of rotatable bonds is 8. The first-order valence-corrected chi connectivity index (χ1v) is 8.10. The van der Waals surface area contributed by atoms with E-state index < -0.39 is 7.26 Å². The first-order chi connectivity index (χ1) is 8.24. The monoisotopic (exact) mass is 326 g/mol. The zero-order valence-corrected chi connectivity index (χ0v) is 12.8. The third kappa shape index (κ3) is 8.03. The largest absolute Gasteiger partial charge is 1.00 e. The summed E-state index contributed by atoms with van der Waals surface area (Å²) in [6.07, 6.45) is 5.02. The third-order valence-electron chi connectivity index (χ3n) is 2.79. The van der Waals surface area contributed by atoms with Gasteiger partial charge in [0, 0.05) is 7.26 Å². The fraction of sp³-hybridized carbons (Fsp3) is 0.667. The van der Waals surface area contributed by atoms with Crippen LogP contribution in [0.4, 0.5) is 0 Å². The molecular weight excluding hydrogens is 311 g/mol. The van der Waals surface area contributed by atoms with Crippen LogP contribution in [0.15, 0.2) is 0 Å². The normalized spacial score (nSPS) is 9.11. The van der Waals surface area contributed by atoms with Crippen molar-refractivity contribution in [3.8, 4) is 24.3 Å². The Morgan fingerprint density at radius 2 is 0.778 bits per heavy atom. The van der Waals surface area contributed by atoms with E-state index in [1.807, 2.05) is 0 Å². The number of nitriles is 4. The fourth-order valence-corrected chi connectivity index (χ4v) is 5.46. The van der Waals surface area contributed by atoms with E-state index in [-0.39, 0.29) is 17.0 Å². The van der Waals surface area contributed by atoms with E-state index in [1.165, 1.54) is 0 Å². The van der Waals surface area contributed by atoms with Crippen LogP contribution < -0.4 is 17.0 Å². The molecule has 0 aliphatic rings. The van der Waals surface area contributed by atoms with Crippen LogP contribution in [-0.4, -0.2) is 24.6 Å². The van der Waals surface area contributed by atoms with Gasteiger partial charge in [0.05, 0.1) is 74.6 Å². The van der Waals surface area contributed by atoms with E-state index in [0.717, 1.165) is 24.6 Å². The van der Waals surface area contributed by atoms with E-state index in [1.54, 1.807) is 0 Å². The van der Waals surface area contributed by atoms with Gasteiger partial charge in [0.2, 0.25) is 0 Å². The van der Waals surface area contributed by atoms with Crippen LogP contribution in [0.25, 0.3) is 0 Å². The summed E-state index contributed by atoms with van der Waals surface area (Å²) in [4.78, 5) is 0. The molecule has 0 heterocycles. The van der Waals surface area contributed by atoms with Gasteiger partial charge in [-0.25, -0.2) is 0 Å². The van der Waals surface area contributed by atoms with Crippen molar-refractivity contribution in [2.24, 2.45) is 0 Å². The van der Waals surface area contributed by atoms with Crippen molar-refractivity contribution in [1.82, 2.24) is 0 Å². The molecule has 0 rings (SSSR count). The van der Waals surface area contributed by atoms with Gasteiger partial charge in [0.25, 0.3) is 0 Å². The van der Waals surface area contributed by atoms with Gasteiger partial charge in [-0.3, -0.25) is 0 Å². The van der Waals surface area contributed by atoms with Crippen LogP contribution in [0.1, 0.15) is 25.7 Å². The summed E-state index contributed by atoms with van der Waals surface area (Å²) in [6.45, 7) is 0. The minimum atomic E-state index is -1.45. The maximum atomic E-state index is 8.68. The molecule has 0 radical (unpaired) electrons. The van der Waals surface area contributed by atoms with Crippen LogP contribution in [-0.2, 0) is 0 Å². The lowest BCUT2D eigenvalue weighted by molar-refractivity contribution is -0.00000468. The molecule has 0 fully saturated rings. The molecule has 4 nitrogen and oxygen atoms in total. The molecule has 0 aromatic heterocycles. The van der Waals surface area contributed by atoms with Crippen molar-refractivity contribution in [2.75, 3.05) is 24.6 Å². The Kier molecular flexibility index (Phi) is 13.2. The minimum Gasteiger partial charge on any atom is -1.00 e. The molecule has 0 spiro atoms. The molecule has 0 saturated carbocycles. The molecule has 0 aliphatic carbocycles. The van der Waals surface area contributed by atoms with Gasteiger partial charge in [0.15, 0.2) is 0 Å². The molecule has 0 bridgehead atoms. The Bertz CT molecular complexity index is 305. The quantitative estimate of drug-likeness (QED) is 0.570. The predicted octanol–water partition coefficient (Wildman–Crippen LogP) is -0.337. The molecule has 0 aromatic carbocycles. The highest BCUT2D eigenvalue weighted by atomic mass is 79.9. The van der Waals surface area contributed by atoms with E-state index in [9.17, 15) is 0 Å². The van der Waals surface area contributed by atoms with Crippen LogP contribution in [0.3, 0.4) is 0 Å². The van der Waals surface area contributed by atoms with E-state index in [2.05, 4.69) is 24.3 Å². The highest BCUT2D eigenvalue weighted by molar-refractivity contribution is 7.75. The van der Waals surface area contributed by atoms with Crippen molar-refractivity contribution >= 4 is 7.26 Å². The van der Waals surface area contributed by atoms with Crippen molar-refractivity contribution in [1.29, 1.82) is 21.0 Å². The minimum absolute atomic E-state index is 0. The maximum absolute atomic E-state index is 8.68. The molecule has 0 N–H and O–H groups in total. The Morgan fingerprint density at radius 3 is 0.944 bits per heavy atom. The smallest absolute Gasteiger partial charge is 0.0725 e. The summed E-state index contributed by atoms with van der Waals surface area (Å²) >= 11 is 0. The topological polar surface area (TPSA) is 95.2 Å². The molecule has 6 heteroatoms. The molecule has 0 saturated heterocycles. The SMILES string of the molecule is N#CCC[P+](CCC#N)(CCC#N)CCC#N.[Br-]. The van der Waals surface area contributed by atoms with Crippen LogP contribution in [0, 0.1) is 45.3 Å². The lowest BCUT2D eigenvalue weighted by Crippen LogP contribution is -3.00. The lowest BCUT2D eigenvalue weighted by Gasteiger charge is -2.24. The summed E-state index contributed by atoms with van der Waals surface area (Å²) in [6, 6.07) is 8.53. The van der Waals surface area contributed by atoms with Crippen molar-refractivity contribution < 1.29 is 17.0 Å². The Morgan fingerprint density at radius 1 is 0.556 bits per heavy atom. The van der Waals surface area contributed by atoms with Gasteiger partial charge in [-0.15, -0.1) is 0 Å². The molecular formula is C12H16BrN4P. The van der Waals surface area contributed by atoms with E-state index >= 15 is 0 Å². The molecule has 0 atom stereocenters. The molecule has 0 unspecified atom stereocenters. The first kappa shape index (κ1) is 19.2. The molecule has 0 aliphatic heterocycles. The maximum Gasteiger partial charge on any atom is 0.0725 e. The number of hydrogen-bond acceptors (Lipinski definition) is 4. The summed E-state index contributed by atoms with van der Waals surface area (Å²) in [5.41, 5.74) is 0. The van der Waals surface area contributed by atoms with Gasteiger partial charge >= 0.3 is 0 Å². The molecule has 0 amide bonds. The predicted molar refractivity (Wildman–Crippen MR) is 67.3 cm³/mol. The van der Waals surface area contributed by atoms with Crippen LogP contribution in [0.5, 0.6) is 0 Å². The number of nitrogens with zero attached hydrogens (tertiary/aromatic N) is 4. The standard InChI is InChI=1S/C12H16N4P.BrH/c13-5-1-9-17(10-2-6-14,11-3-7-15)12-4-8-16;/h1-4,9-12H2;1H/q+1;/p-1. The lowest BCUT2D eigenvalue weighted by atomic mass is 10.5. The average Bonchev–Trinajstić information content (AvgIpc) is 2.37. The van der Waals surface area contributed by atoms with Gasteiger partial charge in [0.1, 0.15) is 0 Å². The van der Waals surface area contributed by atoms with E-state index in [0.29, 0.717) is 25.7 Å². The van der Waals surface area contributed by atoms with Gasteiger partial charge in [-0.1, -0.05) is 0 Å².